The highest BCUT2D eigenvalue weighted by Crippen LogP contribution is 2.38. The minimum atomic E-state index is -1.95. The second-order valence-corrected chi connectivity index (χ2v) is 15.9. The summed E-state index contributed by atoms with van der Waals surface area (Å²) in [7, 11) is -1.95. The van der Waals surface area contributed by atoms with Crippen LogP contribution in [0.5, 0.6) is 5.75 Å². The lowest BCUT2D eigenvalue weighted by Gasteiger charge is -2.38. The third-order valence-electron chi connectivity index (χ3n) is 6.29. The number of aryl methyl sites for hydroxylation is 1. The Hall–Kier alpha value is -1.64. The molecule has 6 nitrogen and oxygen atoms in total. The normalized spacial score (nSPS) is 13.2. The first-order valence-corrected chi connectivity index (χ1v) is 15.5. The van der Waals surface area contributed by atoms with Gasteiger partial charge in [-0.05, 0) is 57.1 Å². The van der Waals surface area contributed by atoms with E-state index in [2.05, 4.69) is 50.9 Å². The predicted molar refractivity (Wildman–Crippen MR) is 147 cm³/mol. The molecule has 2 heterocycles. The minimum Gasteiger partial charge on any atom is -0.491 e. The van der Waals surface area contributed by atoms with Gasteiger partial charge < -0.3 is 9.16 Å². The van der Waals surface area contributed by atoms with Gasteiger partial charge in [0.25, 0.3) is 0 Å². The van der Waals surface area contributed by atoms with Crippen molar-refractivity contribution in [2.24, 2.45) is 0 Å². The average Bonchev–Trinajstić information content (AvgIpc) is 3.14. The fourth-order valence-corrected chi connectivity index (χ4v) is 5.12. The van der Waals surface area contributed by atoms with Crippen LogP contribution in [0.1, 0.15) is 33.3 Å². The van der Waals surface area contributed by atoms with Crippen molar-refractivity contribution in [2.75, 3.05) is 6.61 Å². The summed E-state index contributed by atoms with van der Waals surface area (Å²) in [6, 6.07) is 5.34. The molecule has 35 heavy (non-hydrogen) atoms. The van der Waals surface area contributed by atoms with E-state index in [4.69, 9.17) is 48.9 Å². The molecule has 0 N–H and O–H groups in total. The molecule has 0 amide bonds. The molecule has 0 aliphatic rings. The van der Waals surface area contributed by atoms with Crippen molar-refractivity contribution in [1.29, 1.82) is 0 Å². The van der Waals surface area contributed by atoms with E-state index < -0.39 is 8.32 Å². The predicted octanol–water partition coefficient (Wildman–Crippen LogP) is 7.90. The van der Waals surface area contributed by atoms with Gasteiger partial charge in [0.05, 0.1) is 28.0 Å². The number of hydrogen-bond donors (Lipinski definition) is 0. The average molecular weight is 555 g/mol. The zero-order valence-electron chi connectivity index (χ0n) is 21.2. The summed E-state index contributed by atoms with van der Waals surface area (Å²) in [6.45, 7) is 19.9. The van der Waals surface area contributed by atoms with Crippen LogP contribution in [-0.2, 0) is 11.0 Å². The van der Waals surface area contributed by atoms with Crippen LogP contribution in [0.3, 0.4) is 0 Å². The molecule has 0 aliphatic carbocycles. The molecule has 3 aromatic rings. The van der Waals surface area contributed by atoms with Crippen LogP contribution in [0.15, 0.2) is 24.4 Å². The van der Waals surface area contributed by atoms with Crippen molar-refractivity contribution in [2.45, 2.75) is 65.4 Å². The van der Waals surface area contributed by atoms with Crippen molar-refractivity contribution in [3.05, 3.63) is 52.1 Å². The van der Waals surface area contributed by atoms with Gasteiger partial charge in [0, 0.05) is 17.7 Å². The largest absolute Gasteiger partial charge is 0.491 e. The Balaban J connectivity index is 1.90. The third-order valence-corrected chi connectivity index (χ3v) is 11.8. The molecule has 0 fully saturated rings. The number of hydrogen-bond acceptors (Lipinski definition) is 5. The Morgan fingerprint density at radius 1 is 1.11 bits per heavy atom. The van der Waals surface area contributed by atoms with Crippen molar-refractivity contribution in [3.63, 3.8) is 0 Å². The number of ether oxygens (including phenoxy) is 1. The SMILES string of the molecule is [CH2][C@H](COc1ccc(Cl)c(-c2nc(Cl)c(C)c(-c3c(Cl)cnn3CC)n2)c1)O[Si](C)(C)C(C)(C)C. The monoisotopic (exact) mass is 553 g/mol. The molecular formula is C25H32Cl3N4O2Si. The van der Waals surface area contributed by atoms with Crippen molar-refractivity contribution in [3.8, 4) is 28.5 Å². The smallest absolute Gasteiger partial charge is 0.192 e. The van der Waals surface area contributed by atoms with Gasteiger partial charge in [-0.2, -0.15) is 5.10 Å². The fourth-order valence-electron chi connectivity index (χ4n) is 3.26. The maximum absolute atomic E-state index is 6.54. The highest BCUT2D eigenvalue weighted by atomic mass is 35.5. The number of aromatic nitrogens is 4. The molecule has 1 radical (unpaired) electrons. The zero-order chi connectivity index (χ0) is 26.1. The van der Waals surface area contributed by atoms with E-state index in [-0.39, 0.29) is 11.1 Å². The van der Waals surface area contributed by atoms with Crippen LogP contribution in [0.4, 0.5) is 0 Å². The topological polar surface area (TPSA) is 62.1 Å². The molecule has 1 atom stereocenters. The summed E-state index contributed by atoms with van der Waals surface area (Å²) in [5.41, 5.74) is 2.59. The van der Waals surface area contributed by atoms with Crippen molar-refractivity contribution in [1.82, 2.24) is 19.7 Å². The van der Waals surface area contributed by atoms with Crippen LogP contribution in [0.25, 0.3) is 22.8 Å². The second-order valence-electron chi connectivity index (χ2n) is 9.92. The van der Waals surface area contributed by atoms with E-state index in [0.29, 0.717) is 62.4 Å². The van der Waals surface area contributed by atoms with E-state index in [1.807, 2.05) is 13.8 Å². The Bertz CT molecular complexity index is 1210. The quantitative estimate of drug-likeness (QED) is 0.209. The molecule has 1 aromatic carbocycles. The van der Waals surface area contributed by atoms with Crippen LogP contribution in [0.2, 0.25) is 33.3 Å². The highest BCUT2D eigenvalue weighted by molar-refractivity contribution is 6.74. The number of benzene rings is 1. The first kappa shape index (κ1) is 27.9. The van der Waals surface area contributed by atoms with Gasteiger partial charge in [-0.15, -0.1) is 0 Å². The van der Waals surface area contributed by atoms with E-state index in [1.54, 1.807) is 29.1 Å². The summed E-state index contributed by atoms with van der Waals surface area (Å²) >= 11 is 19.5. The Kier molecular flexibility index (Phi) is 8.59. The van der Waals surface area contributed by atoms with Crippen LogP contribution in [-0.4, -0.2) is 40.8 Å². The lowest BCUT2D eigenvalue weighted by molar-refractivity contribution is 0.148. The van der Waals surface area contributed by atoms with Gasteiger partial charge >= 0.3 is 0 Å². The minimum absolute atomic E-state index is 0.0895. The van der Waals surface area contributed by atoms with E-state index in [0.717, 1.165) is 0 Å². The highest BCUT2D eigenvalue weighted by Gasteiger charge is 2.38. The molecule has 189 valence electrons. The van der Waals surface area contributed by atoms with Crippen LogP contribution >= 0.6 is 34.8 Å². The molecule has 0 bridgehead atoms. The van der Waals surface area contributed by atoms with E-state index >= 15 is 0 Å². The maximum Gasteiger partial charge on any atom is 0.192 e. The molecule has 0 unspecified atom stereocenters. The maximum atomic E-state index is 6.54. The van der Waals surface area contributed by atoms with Crippen LogP contribution in [0, 0.1) is 13.8 Å². The van der Waals surface area contributed by atoms with Gasteiger partial charge in [0.15, 0.2) is 14.1 Å². The van der Waals surface area contributed by atoms with E-state index in [9.17, 15) is 0 Å². The summed E-state index contributed by atoms with van der Waals surface area (Å²) in [6.07, 6.45) is 1.29. The van der Waals surface area contributed by atoms with Crippen molar-refractivity contribution >= 4 is 43.1 Å². The third kappa shape index (κ3) is 6.20. The Morgan fingerprint density at radius 2 is 1.80 bits per heavy atom. The Labute approximate surface area is 224 Å². The molecule has 0 aliphatic heterocycles. The second kappa shape index (κ2) is 10.8. The van der Waals surface area contributed by atoms with Gasteiger partial charge in [-0.25, -0.2) is 9.97 Å². The summed E-state index contributed by atoms with van der Waals surface area (Å²) in [4.78, 5) is 9.26. The zero-order valence-corrected chi connectivity index (χ0v) is 24.5. The van der Waals surface area contributed by atoms with Gasteiger partial charge in [0.1, 0.15) is 23.2 Å². The first-order valence-electron chi connectivity index (χ1n) is 11.4. The molecular weight excluding hydrogens is 523 g/mol. The molecule has 0 saturated carbocycles. The molecule has 2 aromatic heterocycles. The van der Waals surface area contributed by atoms with Crippen LogP contribution < -0.4 is 4.74 Å². The molecule has 3 rings (SSSR count). The summed E-state index contributed by atoms with van der Waals surface area (Å²) in [5.74, 6) is 0.977. The summed E-state index contributed by atoms with van der Waals surface area (Å²) < 4.78 is 14.1. The Morgan fingerprint density at radius 3 is 2.43 bits per heavy atom. The molecule has 0 spiro atoms. The number of halogens is 3. The lowest BCUT2D eigenvalue weighted by atomic mass is 10.1. The van der Waals surface area contributed by atoms with Crippen molar-refractivity contribution < 1.29 is 9.16 Å². The molecule has 10 heteroatoms. The van der Waals surface area contributed by atoms with E-state index in [1.165, 1.54) is 0 Å². The first-order chi connectivity index (χ1) is 16.2. The van der Waals surface area contributed by atoms with Gasteiger partial charge in [-0.3, -0.25) is 4.68 Å². The molecule has 0 saturated heterocycles. The number of rotatable bonds is 8. The number of nitrogens with zero attached hydrogens (tertiary/aromatic N) is 4. The van der Waals surface area contributed by atoms with Gasteiger partial charge in [-0.1, -0.05) is 55.6 Å². The lowest BCUT2D eigenvalue weighted by Crippen LogP contribution is -2.44. The standard InChI is InChI=1S/C25H32Cl3N4O2Si/c1-9-32-22(20(27)13-29-32)21-16(3)23(28)31-24(30-21)18-12-17(10-11-19(18)26)33-14-15(2)34-35(7,8)25(4,5)6/h10-13,15H,2,9,14H2,1,3-8H3/t15-/m1/s1. The summed E-state index contributed by atoms with van der Waals surface area (Å²) in [5, 5.41) is 5.68. The van der Waals surface area contributed by atoms with Gasteiger partial charge in [0.2, 0.25) is 0 Å². The fraction of sp³-hybridized carbons (Fsp3) is 0.440.